The van der Waals surface area contributed by atoms with Gasteiger partial charge in [0.2, 0.25) is 5.91 Å². The Bertz CT molecular complexity index is 982. The van der Waals surface area contributed by atoms with Crippen molar-refractivity contribution in [3.63, 3.8) is 0 Å². The molecule has 0 aliphatic carbocycles. The number of benzene rings is 2. The molecule has 1 aliphatic heterocycles. The van der Waals surface area contributed by atoms with E-state index in [2.05, 4.69) is 16.2 Å². The van der Waals surface area contributed by atoms with Crippen LogP contribution in [0.1, 0.15) is 22.3 Å². The molecule has 0 saturated carbocycles. The predicted molar refractivity (Wildman–Crippen MR) is 103 cm³/mol. The number of hydrogen-bond acceptors (Lipinski definition) is 5. The molecule has 1 heterocycles. The number of thioether (sulfide) groups is 1. The molecule has 3 N–H and O–H groups in total. The normalized spacial score (nSPS) is 13.5. The number of fused-ring (bicyclic) bond motifs is 1. The van der Waals surface area contributed by atoms with E-state index in [1.807, 2.05) is 0 Å². The summed E-state index contributed by atoms with van der Waals surface area (Å²) in [5, 5.41) is 2.71. The van der Waals surface area contributed by atoms with Crippen LogP contribution in [0.25, 0.3) is 0 Å². The van der Waals surface area contributed by atoms with Crippen molar-refractivity contribution in [3.05, 3.63) is 53.6 Å². The molecule has 3 amide bonds. The number of hydrazine groups is 1. The maximum absolute atomic E-state index is 12.7. The van der Waals surface area contributed by atoms with E-state index in [0.29, 0.717) is 17.9 Å². The fourth-order valence-electron chi connectivity index (χ4n) is 2.51. The van der Waals surface area contributed by atoms with Crippen molar-refractivity contribution >= 4 is 35.2 Å². The molecule has 0 bridgehead atoms. The Morgan fingerprint density at radius 2 is 1.93 bits per heavy atom. The molecule has 0 atom stereocenters. The third-order valence-corrected chi connectivity index (χ3v) is 5.02. The van der Waals surface area contributed by atoms with E-state index < -0.39 is 30.2 Å². The van der Waals surface area contributed by atoms with Gasteiger partial charge in [-0.1, -0.05) is 6.07 Å². The SMILES string of the molecule is O=C(COc1cccc(C(F)(F)F)c1)NNC(=O)c1ccc2c(c1)NC(=O)CCS2. The molecule has 2 aromatic rings. The molecular weight excluding hydrogens is 423 g/mol. The van der Waals surface area contributed by atoms with Crippen LogP contribution in [0.2, 0.25) is 0 Å². The highest BCUT2D eigenvalue weighted by molar-refractivity contribution is 7.99. The zero-order valence-electron chi connectivity index (χ0n) is 15.3. The standard InChI is InChI=1S/C19H16F3N3O4S/c20-19(21,22)12-2-1-3-13(9-12)29-10-17(27)24-25-18(28)11-4-5-15-14(8-11)23-16(26)6-7-30-15/h1-5,8-9H,6-7,10H2,(H,23,26)(H,24,27)(H,25,28). The Balaban J connectivity index is 1.53. The number of carbonyl (C=O) groups is 3. The van der Waals surface area contributed by atoms with E-state index in [1.165, 1.54) is 23.9 Å². The second kappa shape index (κ2) is 9.08. The molecule has 0 unspecified atom stereocenters. The number of nitrogens with one attached hydrogen (secondary N) is 3. The number of amides is 3. The Morgan fingerprint density at radius 3 is 2.70 bits per heavy atom. The van der Waals surface area contributed by atoms with Crippen molar-refractivity contribution in [2.24, 2.45) is 0 Å². The molecule has 0 radical (unpaired) electrons. The molecule has 3 rings (SSSR count). The zero-order valence-corrected chi connectivity index (χ0v) is 16.2. The number of halogens is 3. The summed E-state index contributed by atoms with van der Waals surface area (Å²) in [6.45, 7) is -0.599. The van der Waals surface area contributed by atoms with Gasteiger partial charge < -0.3 is 10.1 Å². The van der Waals surface area contributed by atoms with E-state index in [9.17, 15) is 27.6 Å². The van der Waals surface area contributed by atoms with Gasteiger partial charge in [-0.15, -0.1) is 11.8 Å². The molecule has 2 aromatic carbocycles. The van der Waals surface area contributed by atoms with Gasteiger partial charge in [-0.3, -0.25) is 25.2 Å². The van der Waals surface area contributed by atoms with Gasteiger partial charge in [-0.2, -0.15) is 13.2 Å². The summed E-state index contributed by atoms with van der Waals surface area (Å²) in [6.07, 6.45) is -4.16. The molecule has 0 aromatic heterocycles. The van der Waals surface area contributed by atoms with Crippen molar-refractivity contribution in [1.29, 1.82) is 0 Å². The van der Waals surface area contributed by atoms with Crippen LogP contribution in [0.4, 0.5) is 18.9 Å². The van der Waals surface area contributed by atoms with Gasteiger partial charge in [0.05, 0.1) is 11.3 Å². The molecule has 0 fully saturated rings. The third kappa shape index (κ3) is 5.66. The van der Waals surface area contributed by atoms with Crippen LogP contribution >= 0.6 is 11.8 Å². The Labute approximate surface area is 173 Å². The van der Waals surface area contributed by atoms with Gasteiger partial charge in [-0.25, -0.2) is 0 Å². The predicted octanol–water partition coefficient (Wildman–Crippen LogP) is 2.98. The quantitative estimate of drug-likeness (QED) is 0.637. The zero-order chi connectivity index (χ0) is 21.7. The fourth-order valence-corrected chi connectivity index (χ4v) is 3.44. The van der Waals surface area contributed by atoms with Gasteiger partial charge in [0, 0.05) is 22.6 Å². The lowest BCUT2D eigenvalue weighted by molar-refractivity contribution is -0.137. The summed E-state index contributed by atoms with van der Waals surface area (Å²) in [7, 11) is 0. The monoisotopic (exact) mass is 439 g/mol. The van der Waals surface area contributed by atoms with Crippen LogP contribution in [-0.2, 0) is 15.8 Å². The van der Waals surface area contributed by atoms with Crippen LogP contribution in [0.3, 0.4) is 0 Å². The summed E-state index contributed by atoms with van der Waals surface area (Å²) >= 11 is 1.49. The minimum atomic E-state index is -4.53. The molecular formula is C19H16F3N3O4S. The van der Waals surface area contributed by atoms with Gasteiger partial charge in [0.25, 0.3) is 11.8 Å². The lowest BCUT2D eigenvalue weighted by Crippen LogP contribution is -2.43. The van der Waals surface area contributed by atoms with E-state index >= 15 is 0 Å². The average molecular weight is 439 g/mol. The van der Waals surface area contributed by atoms with Crippen molar-refractivity contribution in [2.75, 3.05) is 17.7 Å². The molecule has 158 valence electrons. The summed E-state index contributed by atoms with van der Waals surface area (Å²) in [6, 6.07) is 8.83. The van der Waals surface area contributed by atoms with Gasteiger partial charge in [0.15, 0.2) is 6.61 Å². The van der Waals surface area contributed by atoms with Crippen LogP contribution in [-0.4, -0.2) is 30.1 Å². The highest BCUT2D eigenvalue weighted by Crippen LogP contribution is 2.32. The van der Waals surface area contributed by atoms with Crippen LogP contribution in [0, 0.1) is 0 Å². The highest BCUT2D eigenvalue weighted by Gasteiger charge is 2.30. The summed E-state index contributed by atoms with van der Waals surface area (Å²) in [4.78, 5) is 36.5. The number of rotatable bonds is 4. The van der Waals surface area contributed by atoms with Gasteiger partial charge >= 0.3 is 6.18 Å². The summed E-state index contributed by atoms with van der Waals surface area (Å²) < 4.78 is 43.1. The van der Waals surface area contributed by atoms with Crippen molar-refractivity contribution in [3.8, 4) is 5.75 Å². The third-order valence-electron chi connectivity index (χ3n) is 3.95. The highest BCUT2D eigenvalue weighted by atomic mass is 32.2. The molecule has 0 spiro atoms. The summed E-state index contributed by atoms with van der Waals surface area (Å²) in [5.74, 6) is -1.05. The van der Waals surface area contributed by atoms with E-state index in [0.717, 1.165) is 23.1 Å². The molecule has 0 saturated heterocycles. The summed E-state index contributed by atoms with van der Waals surface area (Å²) in [5.41, 5.74) is 4.12. The van der Waals surface area contributed by atoms with Gasteiger partial charge in [0.1, 0.15) is 5.75 Å². The number of hydrogen-bond donors (Lipinski definition) is 3. The smallest absolute Gasteiger partial charge is 0.416 e. The maximum atomic E-state index is 12.7. The van der Waals surface area contributed by atoms with Crippen LogP contribution in [0.15, 0.2) is 47.4 Å². The van der Waals surface area contributed by atoms with E-state index in [1.54, 1.807) is 12.1 Å². The first-order chi connectivity index (χ1) is 14.2. The van der Waals surface area contributed by atoms with Crippen molar-refractivity contribution in [2.45, 2.75) is 17.5 Å². The fraction of sp³-hybridized carbons (Fsp3) is 0.211. The molecule has 11 heteroatoms. The number of carbonyl (C=O) groups excluding carboxylic acids is 3. The van der Waals surface area contributed by atoms with Gasteiger partial charge in [-0.05, 0) is 36.4 Å². The molecule has 30 heavy (non-hydrogen) atoms. The maximum Gasteiger partial charge on any atom is 0.416 e. The number of anilines is 1. The number of ether oxygens (including phenoxy) is 1. The van der Waals surface area contributed by atoms with Crippen LogP contribution < -0.4 is 20.9 Å². The van der Waals surface area contributed by atoms with E-state index in [4.69, 9.17) is 4.74 Å². The van der Waals surface area contributed by atoms with E-state index in [-0.39, 0.29) is 17.2 Å². The Hall–Kier alpha value is -3.21. The molecule has 7 nitrogen and oxygen atoms in total. The Kier molecular flexibility index (Phi) is 6.50. The topological polar surface area (TPSA) is 96.5 Å². The van der Waals surface area contributed by atoms with Crippen LogP contribution in [0.5, 0.6) is 5.75 Å². The van der Waals surface area contributed by atoms with Crippen molar-refractivity contribution in [1.82, 2.24) is 10.9 Å². The first-order valence-corrected chi connectivity index (χ1v) is 9.67. The first kappa shape index (κ1) is 21.5. The minimum absolute atomic E-state index is 0.134. The minimum Gasteiger partial charge on any atom is -0.484 e. The van der Waals surface area contributed by atoms with Crippen molar-refractivity contribution < 1.29 is 32.3 Å². The lowest BCUT2D eigenvalue weighted by Gasteiger charge is -2.12. The second-order valence-electron chi connectivity index (χ2n) is 6.17. The molecule has 1 aliphatic rings. The second-order valence-corrected chi connectivity index (χ2v) is 7.31. The largest absolute Gasteiger partial charge is 0.484 e. The average Bonchev–Trinajstić information content (AvgIpc) is 2.89. The first-order valence-electron chi connectivity index (χ1n) is 8.68. The Morgan fingerprint density at radius 1 is 1.13 bits per heavy atom. The lowest BCUT2D eigenvalue weighted by atomic mass is 10.2. The number of alkyl halides is 3.